The molecule has 7 nitrogen and oxygen atoms in total. The molecule has 0 fully saturated rings. The minimum Gasteiger partial charge on any atom is -0.503 e. The molecule has 3 aromatic rings. The second-order valence-electron chi connectivity index (χ2n) is 6.09. The van der Waals surface area contributed by atoms with Gasteiger partial charge in [0.05, 0.1) is 26.1 Å². The molecule has 30 heavy (non-hydrogen) atoms. The zero-order valence-corrected chi connectivity index (χ0v) is 15.9. The fourth-order valence-corrected chi connectivity index (χ4v) is 2.93. The quantitative estimate of drug-likeness (QED) is 0.651. The fourth-order valence-electron chi connectivity index (χ4n) is 2.93. The van der Waals surface area contributed by atoms with Gasteiger partial charge in [0.15, 0.2) is 5.75 Å². The molecular formula is C20H17F3N2O5. The summed E-state index contributed by atoms with van der Waals surface area (Å²) in [6.07, 6.45) is -3.81. The van der Waals surface area contributed by atoms with Gasteiger partial charge < -0.3 is 25.1 Å². The number of pyridine rings is 1. The highest BCUT2D eigenvalue weighted by atomic mass is 19.4. The molecule has 0 atom stereocenters. The summed E-state index contributed by atoms with van der Waals surface area (Å²) in [7, 11) is 2.72. The summed E-state index contributed by atoms with van der Waals surface area (Å²) in [4.78, 5) is 11.6. The molecule has 1 aromatic heterocycles. The number of nitrogen functional groups attached to an aromatic ring is 1. The number of methoxy groups -OCH3 is 2. The first-order valence-corrected chi connectivity index (χ1v) is 8.47. The standard InChI is InChI=1S/C20H17F3N2O5/c1-28-17-9-18(29-2)13(25-10-15(27)14(26)8-19(25)24)7-12(17)11-5-3-4-6-16(11)30-20(21,22)23/h3-10,27H,24H2,1-2H3. The lowest BCUT2D eigenvalue weighted by Gasteiger charge is -2.20. The first-order valence-electron chi connectivity index (χ1n) is 8.47. The number of nitrogens with zero attached hydrogens (tertiary/aromatic N) is 1. The molecule has 3 rings (SSSR count). The third-order valence-corrected chi connectivity index (χ3v) is 4.22. The van der Waals surface area contributed by atoms with Crippen LogP contribution in [0.3, 0.4) is 0 Å². The van der Waals surface area contributed by atoms with E-state index < -0.39 is 23.3 Å². The van der Waals surface area contributed by atoms with Crippen molar-refractivity contribution in [2.75, 3.05) is 20.0 Å². The largest absolute Gasteiger partial charge is 0.573 e. The summed E-state index contributed by atoms with van der Waals surface area (Å²) in [6.45, 7) is 0. The van der Waals surface area contributed by atoms with Crippen LogP contribution in [-0.4, -0.2) is 30.3 Å². The number of hydrogen-bond donors (Lipinski definition) is 2. The van der Waals surface area contributed by atoms with Crippen LogP contribution in [0.5, 0.6) is 23.0 Å². The van der Waals surface area contributed by atoms with Crippen LogP contribution < -0.4 is 25.4 Å². The Morgan fingerprint density at radius 1 is 0.967 bits per heavy atom. The van der Waals surface area contributed by atoms with Crippen molar-refractivity contribution in [1.82, 2.24) is 4.57 Å². The van der Waals surface area contributed by atoms with Crippen molar-refractivity contribution in [3.8, 4) is 39.8 Å². The van der Waals surface area contributed by atoms with Gasteiger partial charge >= 0.3 is 6.36 Å². The van der Waals surface area contributed by atoms with Gasteiger partial charge in [-0.05, 0) is 12.1 Å². The lowest BCUT2D eigenvalue weighted by Crippen LogP contribution is -2.17. The molecule has 0 saturated heterocycles. The summed E-state index contributed by atoms with van der Waals surface area (Å²) in [6, 6.07) is 9.47. The van der Waals surface area contributed by atoms with Gasteiger partial charge in [-0.3, -0.25) is 9.36 Å². The second kappa shape index (κ2) is 7.90. The minimum absolute atomic E-state index is 0.0213. The average Bonchev–Trinajstić information content (AvgIpc) is 2.69. The van der Waals surface area contributed by atoms with Gasteiger partial charge in [0, 0.05) is 23.3 Å². The number of ether oxygens (including phenoxy) is 3. The Hall–Kier alpha value is -3.82. The van der Waals surface area contributed by atoms with Crippen molar-refractivity contribution in [3.05, 3.63) is 58.9 Å². The summed E-state index contributed by atoms with van der Waals surface area (Å²) in [5, 5.41) is 9.81. The Morgan fingerprint density at radius 2 is 1.63 bits per heavy atom. The van der Waals surface area contributed by atoms with Crippen LogP contribution >= 0.6 is 0 Å². The fraction of sp³-hybridized carbons (Fsp3) is 0.150. The molecule has 1 heterocycles. The molecule has 10 heteroatoms. The number of aromatic nitrogens is 1. The number of para-hydroxylation sites is 1. The van der Waals surface area contributed by atoms with Gasteiger partial charge in [0.1, 0.15) is 23.1 Å². The van der Waals surface area contributed by atoms with Crippen molar-refractivity contribution in [1.29, 1.82) is 0 Å². The number of nitrogens with two attached hydrogens (primary N) is 1. The summed E-state index contributed by atoms with van der Waals surface area (Å²) in [5.74, 6) is -0.580. The van der Waals surface area contributed by atoms with E-state index in [4.69, 9.17) is 15.2 Å². The second-order valence-corrected chi connectivity index (χ2v) is 6.09. The smallest absolute Gasteiger partial charge is 0.503 e. The molecule has 0 aliphatic heterocycles. The molecule has 0 spiro atoms. The van der Waals surface area contributed by atoms with E-state index in [1.54, 1.807) is 6.07 Å². The van der Waals surface area contributed by atoms with E-state index >= 15 is 0 Å². The third-order valence-electron chi connectivity index (χ3n) is 4.22. The number of benzene rings is 2. The van der Waals surface area contributed by atoms with Crippen LogP contribution in [0.15, 0.2) is 53.5 Å². The van der Waals surface area contributed by atoms with Crippen molar-refractivity contribution >= 4 is 5.82 Å². The van der Waals surface area contributed by atoms with Gasteiger partial charge in [0.2, 0.25) is 5.43 Å². The van der Waals surface area contributed by atoms with Crippen LogP contribution in [0.4, 0.5) is 19.0 Å². The molecule has 0 radical (unpaired) electrons. The molecule has 0 saturated carbocycles. The van der Waals surface area contributed by atoms with Crippen LogP contribution in [0.25, 0.3) is 16.8 Å². The van der Waals surface area contributed by atoms with Gasteiger partial charge in [0.25, 0.3) is 0 Å². The number of anilines is 1. The highest BCUT2D eigenvalue weighted by molar-refractivity contribution is 5.80. The monoisotopic (exact) mass is 422 g/mol. The predicted octanol–water partition coefficient (Wildman–Crippen LogP) is 3.71. The third kappa shape index (κ3) is 4.12. The predicted molar refractivity (Wildman–Crippen MR) is 103 cm³/mol. The topological polar surface area (TPSA) is 95.9 Å². The van der Waals surface area contributed by atoms with Crippen molar-refractivity contribution in [2.24, 2.45) is 0 Å². The molecule has 2 aromatic carbocycles. The van der Waals surface area contributed by atoms with E-state index in [1.165, 1.54) is 49.1 Å². The van der Waals surface area contributed by atoms with Crippen LogP contribution in [-0.2, 0) is 0 Å². The zero-order chi connectivity index (χ0) is 22.1. The van der Waals surface area contributed by atoms with Crippen LogP contribution in [0.1, 0.15) is 0 Å². The lowest BCUT2D eigenvalue weighted by atomic mass is 10.0. The molecule has 0 unspecified atom stereocenters. The Kier molecular flexibility index (Phi) is 5.50. The first-order chi connectivity index (χ1) is 14.1. The Bertz CT molecular complexity index is 1140. The molecule has 158 valence electrons. The normalized spacial score (nSPS) is 11.2. The van der Waals surface area contributed by atoms with Crippen molar-refractivity contribution in [2.45, 2.75) is 6.36 Å². The Morgan fingerprint density at radius 3 is 2.27 bits per heavy atom. The van der Waals surface area contributed by atoms with Crippen LogP contribution in [0.2, 0.25) is 0 Å². The van der Waals surface area contributed by atoms with E-state index in [1.807, 2.05) is 0 Å². The highest BCUT2D eigenvalue weighted by Crippen LogP contribution is 2.43. The van der Waals surface area contributed by atoms with Crippen molar-refractivity contribution in [3.63, 3.8) is 0 Å². The van der Waals surface area contributed by atoms with Gasteiger partial charge in [-0.2, -0.15) is 0 Å². The minimum atomic E-state index is -4.90. The van der Waals surface area contributed by atoms with Gasteiger partial charge in [-0.15, -0.1) is 13.2 Å². The van der Waals surface area contributed by atoms with Crippen molar-refractivity contribution < 1.29 is 32.5 Å². The van der Waals surface area contributed by atoms with Gasteiger partial charge in [-0.1, -0.05) is 18.2 Å². The van der Waals surface area contributed by atoms with E-state index in [0.717, 1.165) is 12.3 Å². The summed E-state index contributed by atoms with van der Waals surface area (Å²) in [5.41, 5.74) is 5.82. The molecule has 0 amide bonds. The molecular weight excluding hydrogens is 405 g/mol. The summed E-state index contributed by atoms with van der Waals surface area (Å²) >= 11 is 0. The maximum atomic E-state index is 12.9. The molecule has 0 aliphatic rings. The lowest BCUT2D eigenvalue weighted by molar-refractivity contribution is -0.274. The number of halogens is 3. The van der Waals surface area contributed by atoms with E-state index in [-0.39, 0.29) is 34.1 Å². The maximum Gasteiger partial charge on any atom is 0.573 e. The number of hydrogen-bond acceptors (Lipinski definition) is 6. The maximum absolute atomic E-state index is 12.9. The van der Waals surface area contributed by atoms with Crippen LogP contribution in [0, 0.1) is 0 Å². The van der Waals surface area contributed by atoms with E-state index in [0.29, 0.717) is 0 Å². The Balaban J connectivity index is 2.30. The molecule has 0 aliphatic carbocycles. The number of aromatic hydroxyl groups is 1. The Labute approximate surface area is 168 Å². The number of rotatable bonds is 5. The van der Waals surface area contributed by atoms with E-state index in [9.17, 15) is 23.1 Å². The SMILES string of the molecule is COc1cc(OC)c(-n2cc(O)c(=O)cc2N)cc1-c1ccccc1OC(F)(F)F. The first kappa shape index (κ1) is 20.9. The highest BCUT2D eigenvalue weighted by Gasteiger charge is 2.32. The number of alkyl halides is 3. The zero-order valence-electron chi connectivity index (χ0n) is 15.9. The molecule has 0 bridgehead atoms. The molecule has 3 N–H and O–H groups in total. The average molecular weight is 422 g/mol. The summed E-state index contributed by atoms with van der Waals surface area (Å²) < 4.78 is 54.7. The van der Waals surface area contributed by atoms with Gasteiger partial charge in [-0.25, -0.2) is 0 Å². The van der Waals surface area contributed by atoms with E-state index in [2.05, 4.69) is 4.74 Å².